The van der Waals surface area contributed by atoms with E-state index in [-0.39, 0.29) is 11.1 Å². The fourth-order valence-electron chi connectivity index (χ4n) is 2.76. The lowest BCUT2D eigenvalue weighted by Gasteiger charge is -2.08. The second-order valence-electron chi connectivity index (χ2n) is 5.98. The lowest BCUT2D eigenvalue weighted by atomic mass is 10.3. The van der Waals surface area contributed by atoms with Crippen LogP contribution in [0.3, 0.4) is 0 Å². The van der Waals surface area contributed by atoms with Gasteiger partial charge in [0.25, 0.3) is 5.56 Å². The molecular weight excluding hydrogens is 368 g/mol. The molecule has 4 rings (SSSR count). The van der Waals surface area contributed by atoms with Crippen LogP contribution in [-0.4, -0.2) is 25.2 Å². The fraction of sp³-hybridized carbons (Fsp3) is 0.0526. The molecule has 0 bridgehead atoms. The zero-order valence-electron chi connectivity index (χ0n) is 14.3. The van der Waals surface area contributed by atoms with E-state index in [1.54, 1.807) is 0 Å². The summed E-state index contributed by atoms with van der Waals surface area (Å²) in [4.78, 5) is 29.0. The maximum absolute atomic E-state index is 13.6. The monoisotopic (exact) mass is 381 g/mol. The van der Waals surface area contributed by atoms with Gasteiger partial charge in [-0.05, 0) is 24.3 Å². The number of nitrogens with zero attached hydrogens (tertiary/aromatic N) is 4. The van der Waals surface area contributed by atoms with Gasteiger partial charge in [0, 0.05) is 6.07 Å². The number of aromatic nitrogens is 4. The van der Waals surface area contributed by atoms with Crippen LogP contribution in [0.5, 0.6) is 0 Å². The van der Waals surface area contributed by atoms with Gasteiger partial charge in [0.2, 0.25) is 5.91 Å². The average Bonchev–Trinajstić information content (AvgIpc) is 3.12. The number of hydrogen-bond acceptors (Lipinski definition) is 4. The van der Waals surface area contributed by atoms with Crippen molar-refractivity contribution in [3.8, 4) is 5.69 Å². The molecule has 0 fully saturated rings. The number of benzene rings is 2. The first-order valence-electron chi connectivity index (χ1n) is 8.26. The highest BCUT2D eigenvalue weighted by Crippen LogP contribution is 2.16. The van der Waals surface area contributed by atoms with Crippen molar-refractivity contribution in [3.63, 3.8) is 0 Å². The number of para-hydroxylation sites is 1. The Labute approximate surface area is 156 Å². The molecule has 7 nitrogen and oxygen atoms in total. The van der Waals surface area contributed by atoms with Gasteiger partial charge in [0.05, 0.1) is 17.6 Å². The summed E-state index contributed by atoms with van der Waals surface area (Å²) >= 11 is 0. The Kier molecular flexibility index (Phi) is 4.40. The largest absolute Gasteiger partial charge is 0.322 e. The SMILES string of the molecule is O=C(Cn1cnc2c(cnn2-c2ccccc2)c1=O)Nc1cc(F)ccc1F. The second-order valence-corrected chi connectivity index (χ2v) is 5.98. The van der Waals surface area contributed by atoms with Crippen LogP contribution in [0.15, 0.2) is 65.8 Å². The third kappa shape index (κ3) is 3.25. The van der Waals surface area contributed by atoms with Crippen molar-refractivity contribution >= 4 is 22.6 Å². The van der Waals surface area contributed by atoms with E-state index < -0.39 is 29.6 Å². The number of halogens is 2. The molecule has 2 heterocycles. The van der Waals surface area contributed by atoms with Crippen LogP contribution in [0.2, 0.25) is 0 Å². The highest BCUT2D eigenvalue weighted by molar-refractivity contribution is 5.90. The van der Waals surface area contributed by atoms with E-state index >= 15 is 0 Å². The number of nitrogens with one attached hydrogen (secondary N) is 1. The van der Waals surface area contributed by atoms with Crippen LogP contribution in [0, 0.1) is 11.6 Å². The summed E-state index contributed by atoms with van der Waals surface area (Å²) in [5.41, 5.74) is 0.316. The van der Waals surface area contributed by atoms with E-state index in [1.807, 2.05) is 30.3 Å². The highest BCUT2D eigenvalue weighted by Gasteiger charge is 2.14. The Bertz CT molecular complexity index is 1230. The summed E-state index contributed by atoms with van der Waals surface area (Å²) in [6.07, 6.45) is 2.59. The first kappa shape index (κ1) is 17.5. The Hall–Kier alpha value is -3.88. The van der Waals surface area contributed by atoms with Gasteiger partial charge >= 0.3 is 0 Å². The summed E-state index contributed by atoms with van der Waals surface area (Å²) in [7, 11) is 0. The lowest BCUT2D eigenvalue weighted by Crippen LogP contribution is -2.28. The Morgan fingerprint density at radius 2 is 1.89 bits per heavy atom. The molecule has 0 saturated heterocycles. The van der Waals surface area contributed by atoms with E-state index in [2.05, 4.69) is 15.4 Å². The molecule has 1 N–H and O–H groups in total. The Morgan fingerprint density at radius 1 is 1.11 bits per heavy atom. The van der Waals surface area contributed by atoms with Crippen LogP contribution in [0.4, 0.5) is 14.5 Å². The number of carbonyl (C=O) groups is 1. The molecule has 0 spiro atoms. The van der Waals surface area contributed by atoms with E-state index in [0.29, 0.717) is 5.65 Å². The molecular formula is C19H13F2N5O2. The van der Waals surface area contributed by atoms with Crippen molar-refractivity contribution in [3.05, 3.63) is 83.0 Å². The molecule has 28 heavy (non-hydrogen) atoms. The first-order chi connectivity index (χ1) is 13.5. The molecule has 140 valence electrons. The minimum Gasteiger partial charge on any atom is -0.322 e. The summed E-state index contributed by atoms with van der Waals surface area (Å²) < 4.78 is 29.5. The molecule has 1 amide bonds. The molecule has 2 aromatic carbocycles. The number of rotatable bonds is 4. The van der Waals surface area contributed by atoms with Gasteiger partial charge < -0.3 is 5.32 Å². The smallest absolute Gasteiger partial charge is 0.264 e. The standard InChI is InChI=1S/C19H13F2N5O2/c20-12-6-7-15(21)16(8-12)24-17(27)10-25-11-22-18-14(19(25)28)9-23-26(18)13-4-2-1-3-5-13/h1-9,11H,10H2,(H,24,27). The van der Waals surface area contributed by atoms with E-state index in [9.17, 15) is 18.4 Å². The van der Waals surface area contributed by atoms with Crippen LogP contribution < -0.4 is 10.9 Å². The third-order valence-corrected chi connectivity index (χ3v) is 4.07. The lowest BCUT2D eigenvalue weighted by molar-refractivity contribution is -0.116. The topological polar surface area (TPSA) is 81.8 Å². The summed E-state index contributed by atoms with van der Waals surface area (Å²) in [5, 5.41) is 6.66. The van der Waals surface area contributed by atoms with Gasteiger partial charge in [-0.15, -0.1) is 0 Å². The summed E-state index contributed by atoms with van der Waals surface area (Å²) in [5.74, 6) is -2.16. The average molecular weight is 381 g/mol. The van der Waals surface area contributed by atoms with Gasteiger partial charge in [-0.25, -0.2) is 18.4 Å². The zero-order chi connectivity index (χ0) is 19.7. The van der Waals surface area contributed by atoms with Crippen molar-refractivity contribution in [1.29, 1.82) is 0 Å². The zero-order valence-corrected chi connectivity index (χ0v) is 14.3. The molecule has 0 saturated carbocycles. The molecule has 0 aliphatic carbocycles. The number of carbonyl (C=O) groups excluding carboxylic acids is 1. The van der Waals surface area contributed by atoms with Crippen molar-refractivity contribution < 1.29 is 13.6 Å². The molecule has 2 aromatic heterocycles. The summed E-state index contributed by atoms with van der Waals surface area (Å²) in [6.45, 7) is -0.408. The van der Waals surface area contributed by atoms with E-state index in [0.717, 1.165) is 28.5 Å². The fourth-order valence-corrected chi connectivity index (χ4v) is 2.76. The maximum atomic E-state index is 13.6. The Morgan fingerprint density at radius 3 is 2.68 bits per heavy atom. The molecule has 0 unspecified atom stereocenters. The summed E-state index contributed by atoms with van der Waals surface area (Å²) in [6, 6.07) is 11.9. The first-order valence-corrected chi connectivity index (χ1v) is 8.26. The predicted molar refractivity (Wildman–Crippen MR) is 98.1 cm³/mol. The second kappa shape index (κ2) is 7.03. The van der Waals surface area contributed by atoms with Crippen LogP contribution in [0.1, 0.15) is 0 Å². The third-order valence-electron chi connectivity index (χ3n) is 4.07. The van der Waals surface area contributed by atoms with Crippen LogP contribution in [0.25, 0.3) is 16.7 Å². The van der Waals surface area contributed by atoms with Gasteiger partial charge in [0.1, 0.15) is 29.9 Å². The number of fused-ring (bicyclic) bond motifs is 1. The maximum Gasteiger partial charge on any atom is 0.264 e. The molecule has 0 aliphatic rings. The van der Waals surface area contributed by atoms with E-state index in [4.69, 9.17) is 0 Å². The van der Waals surface area contributed by atoms with Crippen LogP contribution >= 0.6 is 0 Å². The molecule has 0 aliphatic heterocycles. The number of anilines is 1. The number of hydrogen-bond donors (Lipinski definition) is 1. The number of amides is 1. The van der Waals surface area contributed by atoms with Gasteiger partial charge in [-0.2, -0.15) is 5.10 Å². The minimum atomic E-state index is -0.778. The molecule has 4 aromatic rings. The Balaban J connectivity index is 1.61. The van der Waals surface area contributed by atoms with Crippen molar-refractivity contribution in [2.24, 2.45) is 0 Å². The normalized spacial score (nSPS) is 10.9. The highest BCUT2D eigenvalue weighted by atomic mass is 19.1. The van der Waals surface area contributed by atoms with Gasteiger partial charge in [-0.1, -0.05) is 18.2 Å². The van der Waals surface area contributed by atoms with Gasteiger partial charge in [-0.3, -0.25) is 14.2 Å². The van der Waals surface area contributed by atoms with E-state index in [1.165, 1.54) is 17.2 Å². The van der Waals surface area contributed by atoms with Crippen LogP contribution in [-0.2, 0) is 11.3 Å². The molecule has 0 atom stereocenters. The minimum absolute atomic E-state index is 0.232. The predicted octanol–water partition coefficient (Wildman–Crippen LogP) is 2.50. The van der Waals surface area contributed by atoms with Gasteiger partial charge in [0.15, 0.2) is 5.65 Å². The molecule has 0 radical (unpaired) electrons. The van der Waals surface area contributed by atoms with Crippen molar-refractivity contribution in [2.45, 2.75) is 6.54 Å². The van der Waals surface area contributed by atoms with Crippen molar-refractivity contribution in [1.82, 2.24) is 19.3 Å². The molecule has 9 heteroatoms. The quantitative estimate of drug-likeness (QED) is 0.589. The van der Waals surface area contributed by atoms with Crippen molar-refractivity contribution in [2.75, 3.05) is 5.32 Å².